The van der Waals surface area contributed by atoms with Crippen LogP contribution in [0.4, 0.5) is 0 Å². The standard InChI is InChI=1S/C10H7BrN2O3/c11-10-12-9(16-13-10)6-2-1-3-7-8(6)15-5-4-14-7/h1-3H,4-5H2. The second kappa shape index (κ2) is 3.79. The van der Waals surface area contributed by atoms with E-state index in [4.69, 9.17) is 14.0 Å². The van der Waals surface area contributed by atoms with E-state index in [1.807, 2.05) is 18.2 Å². The molecule has 1 aromatic carbocycles. The van der Waals surface area contributed by atoms with E-state index < -0.39 is 0 Å². The van der Waals surface area contributed by atoms with Gasteiger partial charge in [-0.05, 0) is 33.2 Å². The van der Waals surface area contributed by atoms with Crippen molar-refractivity contribution in [1.82, 2.24) is 10.1 Å². The fraction of sp³-hybridized carbons (Fsp3) is 0.200. The summed E-state index contributed by atoms with van der Waals surface area (Å²) in [5.41, 5.74) is 0.746. The van der Waals surface area contributed by atoms with E-state index in [-0.39, 0.29) is 0 Å². The Morgan fingerprint density at radius 1 is 1.19 bits per heavy atom. The van der Waals surface area contributed by atoms with Crippen LogP contribution in [0.1, 0.15) is 0 Å². The molecule has 2 aromatic rings. The first kappa shape index (κ1) is 9.65. The molecule has 0 spiro atoms. The Labute approximate surface area is 99.5 Å². The van der Waals surface area contributed by atoms with Gasteiger partial charge in [0.15, 0.2) is 11.5 Å². The lowest BCUT2D eigenvalue weighted by atomic mass is 10.2. The van der Waals surface area contributed by atoms with E-state index in [2.05, 4.69) is 26.1 Å². The van der Waals surface area contributed by atoms with Crippen molar-refractivity contribution in [1.29, 1.82) is 0 Å². The number of halogens is 1. The Morgan fingerprint density at radius 3 is 2.88 bits per heavy atom. The summed E-state index contributed by atoms with van der Waals surface area (Å²) < 4.78 is 16.5. The van der Waals surface area contributed by atoms with Gasteiger partial charge in [0.2, 0.25) is 4.73 Å². The van der Waals surface area contributed by atoms with E-state index in [0.29, 0.717) is 35.3 Å². The van der Waals surface area contributed by atoms with Gasteiger partial charge in [0.1, 0.15) is 13.2 Å². The number of nitrogens with zero attached hydrogens (tertiary/aromatic N) is 2. The first-order valence-corrected chi connectivity index (χ1v) is 5.52. The zero-order valence-corrected chi connectivity index (χ0v) is 9.73. The maximum absolute atomic E-state index is 5.55. The van der Waals surface area contributed by atoms with E-state index in [1.54, 1.807) is 0 Å². The molecule has 16 heavy (non-hydrogen) atoms. The van der Waals surface area contributed by atoms with Crippen molar-refractivity contribution in [2.75, 3.05) is 13.2 Å². The van der Waals surface area contributed by atoms with Gasteiger partial charge in [0, 0.05) is 0 Å². The van der Waals surface area contributed by atoms with E-state index in [1.165, 1.54) is 0 Å². The van der Waals surface area contributed by atoms with Crippen molar-refractivity contribution in [2.45, 2.75) is 0 Å². The Bertz CT molecular complexity index is 527. The molecule has 0 N–H and O–H groups in total. The van der Waals surface area contributed by atoms with Crippen LogP contribution in [0.25, 0.3) is 11.5 Å². The van der Waals surface area contributed by atoms with Gasteiger partial charge < -0.3 is 14.0 Å². The van der Waals surface area contributed by atoms with Crippen LogP contribution < -0.4 is 9.47 Å². The lowest BCUT2D eigenvalue weighted by molar-refractivity contribution is 0.172. The zero-order chi connectivity index (χ0) is 11.0. The Morgan fingerprint density at radius 2 is 2.06 bits per heavy atom. The molecule has 2 heterocycles. The quantitative estimate of drug-likeness (QED) is 0.803. The minimum atomic E-state index is 0.411. The lowest BCUT2D eigenvalue weighted by Gasteiger charge is -2.19. The molecule has 0 unspecified atom stereocenters. The van der Waals surface area contributed by atoms with Gasteiger partial charge in [-0.25, -0.2) is 0 Å². The van der Waals surface area contributed by atoms with Crippen LogP contribution in [0.2, 0.25) is 0 Å². The molecule has 1 aromatic heterocycles. The Hall–Kier alpha value is -1.56. The van der Waals surface area contributed by atoms with Crippen molar-refractivity contribution in [3.63, 3.8) is 0 Å². The highest BCUT2D eigenvalue weighted by Crippen LogP contribution is 2.39. The topological polar surface area (TPSA) is 57.4 Å². The number of rotatable bonds is 1. The second-order valence-electron chi connectivity index (χ2n) is 3.20. The van der Waals surface area contributed by atoms with Crippen molar-refractivity contribution in [2.24, 2.45) is 0 Å². The number of hydrogen-bond donors (Lipinski definition) is 0. The molecular formula is C10H7BrN2O3. The molecule has 0 radical (unpaired) electrons. The van der Waals surface area contributed by atoms with Gasteiger partial charge in [0.25, 0.3) is 5.89 Å². The minimum absolute atomic E-state index is 0.411. The summed E-state index contributed by atoms with van der Waals surface area (Å²) in [6.45, 7) is 1.09. The fourth-order valence-corrected chi connectivity index (χ4v) is 1.79. The van der Waals surface area contributed by atoms with Crippen molar-refractivity contribution >= 4 is 15.9 Å². The van der Waals surface area contributed by atoms with Crippen LogP contribution in [0.3, 0.4) is 0 Å². The summed E-state index contributed by atoms with van der Waals surface area (Å²) in [7, 11) is 0. The number of para-hydroxylation sites is 1. The van der Waals surface area contributed by atoms with Gasteiger partial charge in [-0.1, -0.05) is 6.07 Å². The SMILES string of the molecule is Brc1noc(-c2cccc3c2OCCO3)n1. The van der Waals surface area contributed by atoms with Crippen molar-refractivity contribution in [3.8, 4) is 23.0 Å². The molecule has 5 nitrogen and oxygen atoms in total. The number of hydrogen-bond acceptors (Lipinski definition) is 5. The zero-order valence-electron chi connectivity index (χ0n) is 8.14. The summed E-state index contributed by atoms with van der Waals surface area (Å²) >= 11 is 3.14. The van der Waals surface area contributed by atoms with Crippen LogP contribution >= 0.6 is 15.9 Å². The predicted octanol–water partition coefficient (Wildman–Crippen LogP) is 2.27. The highest BCUT2D eigenvalue weighted by molar-refractivity contribution is 9.10. The lowest BCUT2D eigenvalue weighted by Crippen LogP contribution is -2.15. The normalized spacial score (nSPS) is 13.8. The van der Waals surface area contributed by atoms with Crippen LogP contribution in [-0.4, -0.2) is 23.4 Å². The Balaban J connectivity index is 2.13. The molecule has 0 amide bonds. The van der Waals surface area contributed by atoms with E-state index in [9.17, 15) is 0 Å². The average Bonchev–Trinajstić information content (AvgIpc) is 2.75. The average molecular weight is 283 g/mol. The van der Waals surface area contributed by atoms with E-state index >= 15 is 0 Å². The molecule has 0 saturated carbocycles. The third-order valence-electron chi connectivity index (χ3n) is 2.20. The third-order valence-corrected chi connectivity index (χ3v) is 2.52. The maximum Gasteiger partial charge on any atom is 0.262 e. The molecule has 0 bridgehead atoms. The fourth-order valence-electron chi connectivity index (χ4n) is 1.56. The molecular weight excluding hydrogens is 276 g/mol. The van der Waals surface area contributed by atoms with Gasteiger partial charge in [-0.2, -0.15) is 4.98 Å². The number of ether oxygens (including phenoxy) is 2. The van der Waals surface area contributed by atoms with E-state index in [0.717, 1.165) is 5.56 Å². The molecule has 0 atom stereocenters. The molecule has 0 fully saturated rings. The molecule has 1 aliphatic heterocycles. The molecule has 82 valence electrons. The first-order valence-electron chi connectivity index (χ1n) is 4.73. The first-order chi connectivity index (χ1) is 7.84. The van der Waals surface area contributed by atoms with Crippen LogP contribution in [0, 0.1) is 0 Å². The molecule has 0 aliphatic carbocycles. The van der Waals surface area contributed by atoms with Gasteiger partial charge >= 0.3 is 0 Å². The summed E-state index contributed by atoms with van der Waals surface area (Å²) in [6.07, 6.45) is 0. The number of fused-ring (bicyclic) bond motifs is 1. The predicted molar refractivity (Wildman–Crippen MR) is 58.4 cm³/mol. The van der Waals surface area contributed by atoms with Gasteiger partial charge in [-0.3, -0.25) is 0 Å². The molecule has 3 rings (SSSR count). The van der Waals surface area contributed by atoms with Gasteiger partial charge in [-0.15, -0.1) is 0 Å². The maximum atomic E-state index is 5.55. The minimum Gasteiger partial charge on any atom is -0.486 e. The second-order valence-corrected chi connectivity index (χ2v) is 3.91. The smallest absolute Gasteiger partial charge is 0.262 e. The van der Waals surface area contributed by atoms with Crippen LogP contribution in [0.5, 0.6) is 11.5 Å². The molecule has 0 saturated heterocycles. The van der Waals surface area contributed by atoms with Crippen LogP contribution in [-0.2, 0) is 0 Å². The summed E-state index contributed by atoms with van der Waals surface area (Å²) in [5.74, 6) is 1.78. The summed E-state index contributed by atoms with van der Waals surface area (Å²) in [6, 6.07) is 5.57. The van der Waals surface area contributed by atoms with Crippen molar-refractivity contribution in [3.05, 3.63) is 22.9 Å². The van der Waals surface area contributed by atoms with Crippen LogP contribution in [0.15, 0.2) is 27.5 Å². The summed E-state index contributed by atoms with van der Waals surface area (Å²) in [5, 5.41) is 3.68. The summed E-state index contributed by atoms with van der Waals surface area (Å²) in [4.78, 5) is 4.09. The number of aromatic nitrogens is 2. The molecule has 1 aliphatic rings. The van der Waals surface area contributed by atoms with Gasteiger partial charge in [0.05, 0.1) is 5.56 Å². The monoisotopic (exact) mass is 282 g/mol. The highest BCUT2D eigenvalue weighted by atomic mass is 79.9. The van der Waals surface area contributed by atoms with Crippen molar-refractivity contribution < 1.29 is 14.0 Å². The Kier molecular flexibility index (Phi) is 2.28. The highest BCUT2D eigenvalue weighted by Gasteiger charge is 2.20. The molecule has 6 heteroatoms. The third kappa shape index (κ3) is 1.55. The number of benzene rings is 1. The largest absolute Gasteiger partial charge is 0.486 e.